The summed E-state index contributed by atoms with van der Waals surface area (Å²) in [5.41, 5.74) is -0.388. The van der Waals surface area contributed by atoms with Crippen molar-refractivity contribution >= 4 is 18.4 Å². The van der Waals surface area contributed by atoms with E-state index in [2.05, 4.69) is 0 Å². The molecule has 5 N–H and O–H groups in total. The summed E-state index contributed by atoms with van der Waals surface area (Å²) < 4.78 is 23.1. The standard InChI is InChI=1S/C34H52N2O10/c1-18(39)43-31-29(41)27(17-38)46-32(30(31)42)45-25(14-35-33-8-19-2-20(9-33)4-21(3-19)10-33)26(16-37)44-28(40)15-36-34-11-22-5-23(12-34)7-24(6-22)13-34/h14-15,19-32,37-38,40-42H,2-13,16-17H2,1H3/t19?,20?,21?,22?,23?,24?,25-,26+,27-,28-,29-,30+,31+,32-,33?,34?/m0/s1. The molecule has 1 aliphatic heterocycles. The lowest BCUT2D eigenvalue weighted by molar-refractivity contribution is -0.315. The van der Waals surface area contributed by atoms with Crippen molar-refractivity contribution in [2.45, 2.75) is 144 Å². The van der Waals surface area contributed by atoms with Crippen LogP contribution in [0.3, 0.4) is 0 Å². The van der Waals surface area contributed by atoms with Crippen molar-refractivity contribution in [2.75, 3.05) is 13.2 Å². The fraction of sp³-hybridized carbons (Fsp3) is 0.912. The SMILES string of the molecule is CC(=O)O[C@@H]1[C@@H](O)[C@H](CO)O[C@H](O[C@@H](C=NC23CC4CC(CC(C4)C2)C3)[C@@H](CO)O[C@H](O)C=NC23CC4CC(CC(C4)C2)C3)[C@@H]1O. The van der Waals surface area contributed by atoms with Gasteiger partial charge in [0.1, 0.15) is 30.5 Å². The molecule has 0 aromatic rings. The van der Waals surface area contributed by atoms with Gasteiger partial charge < -0.3 is 44.5 Å². The number of aliphatic imine (C=N–C) groups is 2. The number of ether oxygens (including phenoxy) is 4. The Morgan fingerprint density at radius 3 is 1.74 bits per heavy atom. The van der Waals surface area contributed by atoms with Crippen LogP contribution in [0.15, 0.2) is 9.98 Å². The molecule has 9 aliphatic rings. The molecule has 8 bridgehead atoms. The van der Waals surface area contributed by atoms with Crippen LogP contribution in [0, 0.1) is 35.5 Å². The van der Waals surface area contributed by atoms with E-state index in [1.807, 2.05) is 0 Å². The fourth-order valence-electron chi connectivity index (χ4n) is 11.2. The normalized spacial score (nSPS) is 47.9. The van der Waals surface area contributed by atoms with Crippen LogP contribution in [0.4, 0.5) is 0 Å². The summed E-state index contributed by atoms with van der Waals surface area (Å²) in [6.45, 7) is 0.000680. The second-order valence-electron chi connectivity index (χ2n) is 16.0. The van der Waals surface area contributed by atoms with Crippen LogP contribution >= 0.6 is 0 Å². The van der Waals surface area contributed by atoms with Crippen molar-refractivity contribution in [3.8, 4) is 0 Å². The van der Waals surface area contributed by atoms with Crippen molar-refractivity contribution in [3.63, 3.8) is 0 Å². The van der Waals surface area contributed by atoms with Gasteiger partial charge in [-0.25, -0.2) is 0 Å². The van der Waals surface area contributed by atoms with Crippen molar-refractivity contribution in [3.05, 3.63) is 0 Å². The van der Waals surface area contributed by atoms with Gasteiger partial charge in [-0.3, -0.25) is 14.8 Å². The minimum atomic E-state index is -1.61. The summed E-state index contributed by atoms with van der Waals surface area (Å²) in [4.78, 5) is 21.8. The van der Waals surface area contributed by atoms with Crippen LogP contribution in [0.25, 0.3) is 0 Å². The second kappa shape index (κ2) is 13.1. The summed E-state index contributed by atoms with van der Waals surface area (Å²) in [5.74, 6) is 3.32. The first-order chi connectivity index (χ1) is 22.0. The molecule has 0 aromatic carbocycles. The van der Waals surface area contributed by atoms with Gasteiger partial charge in [-0.05, 0) is 113 Å². The number of esters is 1. The second-order valence-corrected chi connectivity index (χ2v) is 16.0. The van der Waals surface area contributed by atoms with E-state index >= 15 is 0 Å². The van der Waals surface area contributed by atoms with Gasteiger partial charge in [0.2, 0.25) is 0 Å². The van der Waals surface area contributed by atoms with Crippen LogP contribution in [0.1, 0.15) is 84.0 Å². The number of carbonyl (C=O) groups excluding carboxylic acids is 1. The van der Waals surface area contributed by atoms with E-state index in [9.17, 15) is 30.3 Å². The zero-order valence-corrected chi connectivity index (χ0v) is 26.8. The van der Waals surface area contributed by atoms with E-state index in [0.717, 1.165) is 45.4 Å². The summed E-state index contributed by atoms with van der Waals surface area (Å²) in [5, 5.41) is 53.1. The average molecular weight is 649 g/mol. The van der Waals surface area contributed by atoms with Crippen molar-refractivity contribution in [2.24, 2.45) is 45.5 Å². The number of hydrogen-bond acceptors (Lipinski definition) is 12. The first kappa shape index (κ1) is 33.0. The van der Waals surface area contributed by atoms with E-state index in [-0.39, 0.29) is 11.1 Å². The summed E-state index contributed by atoms with van der Waals surface area (Å²) in [6.07, 6.45) is 5.91. The number of rotatable bonds is 12. The molecule has 9 fully saturated rings. The predicted octanol–water partition coefficient (Wildman–Crippen LogP) is 1.52. The molecular formula is C34H52N2O10. The number of hydrogen-bond donors (Lipinski definition) is 5. The molecule has 1 heterocycles. The average Bonchev–Trinajstić information content (AvgIpc) is 2.99. The van der Waals surface area contributed by atoms with Crippen LogP contribution in [-0.2, 0) is 23.7 Å². The molecule has 12 heteroatoms. The van der Waals surface area contributed by atoms with E-state index in [4.69, 9.17) is 28.9 Å². The number of carbonyl (C=O) groups is 1. The molecule has 9 rings (SSSR count). The quantitative estimate of drug-likeness (QED) is 0.118. The Bertz CT molecular complexity index is 1090. The summed E-state index contributed by atoms with van der Waals surface area (Å²) >= 11 is 0. The van der Waals surface area contributed by atoms with Crippen molar-refractivity contribution < 1.29 is 49.3 Å². The lowest BCUT2D eigenvalue weighted by Crippen LogP contribution is -2.61. The Balaban J connectivity index is 1.10. The Hall–Kier alpha value is -1.51. The number of aliphatic hydroxyl groups excluding tert-OH is 5. The molecule has 46 heavy (non-hydrogen) atoms. The molecule has 1 saturated heterocycles. The first-order valence-electron chi connectivity index (χ1n) is 17.5. The molecule has 0 radical (unpaired) electrons. The molecule has 0 spiro atoms. The molecule has 8 aliphatic carbocycles. The van der Waals surface area contributed by atoms with E-state index in [0.29, 0.717) is 35.5 Å². The maximum atomic E-state index is 11.8. The molecule has 0 unspecified atom stereocenters. The van der Waals surface area contributed by atoms with Crippen LogP contribution in [0.5, 0.6) is 0 Å². The van der Waals surface area contributed by atoms with Crippen LogP contribution in [-0.4, -0.2) is 117 Å². The Labute approximate surface area is 270 Å². The number of aliphatic hydroxyl groups is 5. The van der Waals surface area contributed by atoms with Crippen molar-refractivity contribution in [1.29, 1.82) is 0 Å². The van der Waals surface area contributed by atoms with Gasteiger partial charge in [0, 0.05) is 13.1 Å². The van der Waals surface area contributed by atoms with Gasteiger partial charge >= 0.3 is 5.97 Å². The highest BCUT2D eigenvalue weighted by atomic mass is 16.7. The fourth-order valence-corrected chi connectivity index (χ4v) is 11.2. The zero-order chi connectivity index (χ0) is 32.2. The van der Waals surface area contributed by atoms with Gasteiger partial charge in [-0.2, -0.15) is 0 Å². The Morgan fingerprint density at radius 1 is 0.826 bits per heavy atom. The van der Waals surface area contributed by atoms with Gasteiger partial charge in [0.25, 0.3) is 0 Å². The Kier molecular flexibility index (Phi) is 9.38. The maximum absolute atomic E-state index is 11.8. The van der Waals surface area contributed by atoms with Gasteiger partial charge in [-0.15, -0.1) is 0 Å². The van der Waals surface area contributed by atoms with Crippen LogP contribution in [0.2, 0.25) is 0 Å². The number of nitrogens with zero attached hydrogens (tertiary/aromatic N) is 2. The van der Waals surface area contributed by atoms with Gasteiger partial charge in [-0.1, -0.05) is 0 Å². The molecule has 0 amide bonds. The predicted molar refractivity (Wildman–Crippen MR) is 165 cm³/mol. The molecule has 8 saturated carbocycles. The highest BCUT2D eigenvalue weighted by Gasteiger charge is 2.53. The maximum Gasteiger partial charge on any atom is 0.303 e. The summed E-state index contributed by atoms with van der Waals surface area (Å²) in [7, 11) is 0. The first-order valence-corrected chi connectivity index (χ1v) is 17.5. The van der Waals surface area contributed by atoms with E-state index in [1.165, 1.54) is 44.7 Å². The van der Waals surface area contributed by atoms with Gasteiger partial charge in [0.15, 0.2) is 18.7 Å². The lowest BCUT2D eigenvalue weighted by Gasteiger charge is -2.55. The Morgan fingerprint density at radius 2 is 1.30 bits per heavy atom. The highest BCUT2D eigenvalue weighted by molar-refractivity contribution is 5.66. The molecule has 0 aromatic heterocycles. The molecule has 258 valence electrons. The van der Waals surface area contributed by atoms with E-state index < -0.39 is 68.4 Å². The zero-order valence-electron chi connectivity index (χ0n) is 26.8. The topological polar surface area (TPSA) is 180 Å². The molecular weight excluding hydrogens is 596 g/mol. The van der Waals surface area contributed by atoms with Crippen LogP contribution < -0.4 is 0 Å². The smallest absolute Gasteiger partial charge is 0.303 e. The monoisotopic (exact) mass is 648 g/mol. The lowest BCUT2D eigenvalue weighted by atomic mass is 9.53. The minimum absolute atomic E-state index is 0.157. The third kappa shape index (κ3) is 6.70. The van der Waals surface area contributed by atoms with E-state index in [1.54, 1.807) is 6.21 Å². The third-order valence-corrected chi connectivity index (χ3v) is 12.3. The largest absolute Gasteiger partial charge is 0.457 e. The summed E-state index contributed by atoms with van der Waals surface area (Å²) in [6, 6.07) is 0. The molecule has 12 nitrogen and oxygen atoms in total. The highest BCUT2D eigenvalue weighted by Crippen LogP contribution is 2.58. The molecule has 8 atom stereocenters. The van der Waals surface area contributed by atoms with Crippen molar-refractivity contribution in [1.82, 2.24) is 0 Å². The minimum Gasteiger partial charge on any atom is -0.457 e. The third-order valence-electron chi connectivity index (χ3n) is 12.3. The van der Waals surface area contributed by atoms with Gasteiger partial charge in [0.05, 0.1) is 30.5 Å².